The van der Waals surface area contributed by atoms with E-state index in [1.165, 1.54) is 36.6 Å². The highest BCUT2D eigenvalue weighted by molar-refractivity contribution is 7.92. The molecule has 1 aromatic carbocycles. The van der Waals surface area contributed by atoms with Gasteiger partial charge in [-0.25, -0.2) is 13.2 Å². The second-order valence-electron chi connectivity index (χ2n) is 4.46. The van der Waals surface area contributed by atoms with Crippen LogP contribution in [0.15, 0.2) is 41.1 Å². The molecule has 2 rings (SSSR count). The van der Waals surface area contributed by atoms with Crippen molar-refractivity contribution < 1.29 is 27.3 Å². The van der Waals surface area contributed by atoms with Crippen LogP contribution in [0.2, 0.25) is 0 Å². The molecule has 0 saturated carbocycles. The molecule has 2 aromatic rings. The summed E-state index contributed by atoms with van der Waals surface area (Å²) in [5.74, 6) is -1.15. The van der Waals surface area contributed by atoms with Crippen molar-refractivity contribution in [2.45, 2.75) is 0 Å². The smallest absolute Gasteiger partial charge is 0.338 e. The molecule has 2 N–H and O–H groups in total. The Morgan fingerprint density at radius 3 is 2.74 bits per heavy atom. The third-order valence-corrected chi connectivity index (χ3v) is 3.05. The Morgan fingerprint density at radius 2 is 2.09 bits per heavy atom. The number of ether oxygens (including phenoxy) is 1. The summed E-state index contributed by atoms with van der Waals surface area (Å²) in [6.07, 6.45) is 2.27. The van der Waals surface area contributed by atoms with Crippen molar-refractivity contribution in [3.63, 3.8) is 0 Å². The number of hydrogen-bond donors (Lipinski definition) is 2. The number of sulfonamides is 1. The molecule has 0 bridgehead atoms. The summed E-state index contributed by atoms with van der Waals surface area (Å²) in [6, 6.07) is 7.14. The van der Waals surface area contributed by atoms with Gasteiger partial charge in [0.2, 0.25) is 10.0 Å². The molecule has 0 atom stereocenters. The highest BCUT2D eigenvalue weighted by atomic mass is 32.2. The van der Waals surface area contributed by atoms with Crippen molar-refractivity contribution in [2.24, 2.45) is 0 Å². The molecule has 0 fully saturated rings. The number of benzene rings is 1. The molecule has 0 aliphatic heterocycles. The predicted molar refractivity (Wildman–Crippen MR) is 80.3 cm³/mol. The lowest BCUT2D eigenvalue weighted by atomic mass is 10.2. The van der Waals surface area contributed by atoms with Gasteiger partial charge in [0.05, 0.1) is 11.8 Å². The number of anilines is 2. The van der Waals surface area contributed by atoms with E-state index in [2.05, 4.69) is 19.7 Å². The molecule has 9 nitrogen and oxygen atoms in total. The number of nitrogens with one attached hydrogen (secondary N) is 2. The topological polar surface area (TPSA) is 128 Å². The van der Waals surface area contributed by atoms with Gasteiger partial charge in [-0.05, 0) is 18.2 Å². The molecular formula is C13H13N3O6S. The van der Waals surface area contributed by atoms with E-state index in [4.69, 9.17) is 4.74 Å². The van der Waals surface area contributed by atoms with E-state index in [1.54, 1.807) is 0 Å². The number of carbonyl (C=O) groups is 2. The van der Waals surface area contributed by atoms with E-state index in [0.29, 0.717) is 0 Å². The van der Waals surface area contributed by atoms with Gasteiger partial charge < -0.3 is 14.6 Å². The van der Waals surface area contributed by atoms with E-state index in [9.17, 15) is 18.0 Å². The SMILES string of the molecule is CS(=O)(=O)Nc1cccc(C(=O)OCC(=O)Nc2ccon2)c1. The first-order valence-corrected chi connectivity index (χ1v) is 8.18. The van der Waals surface area contributed by atoms with Gasteiger partial charge in [-0.3, -0.25) is 9.52 Å². The number of hydrogen-bond acceptors (Lipinski definition) is 7. The number of esters is 1. The second-order valence-corrected chi connectivity index (χ2v) is 6.21. The summed E-state index contributed by atoms with van der Waals surface area (Å²) >= 11 is 0. The van der Waals surface area contributed by atoms with Gasteiger partial charge in [0.1, 0.15) is 6.26 Å². The zero-order chi connectivity index (χ0) is 16.9. The fraction of sp³-hybridized carbons (Fsp3) is 0.154. The molecule has 122 valence electrons. The van der Waals surface area contributed by atoms with E-state index in [-0.39, 0.29) is 17.1 Å². The Morgan fingerprint density at radius 1 is 1.30 bits per heavy atom. The number of carbonyl (C=O) groups excluding carboxylic acids is 2. The monoisotopic (exact) mass is 339 g/mol. The minimum absolute atomic E-state index is 0.105. The number of aromatic nitrogens is 1. The van der Waals surface area contributed by atoms with Crippen LogP contribution in [0.25, 0.3) is 0 Å². The van der Waals surface area contributed by atoms with Crippen LogP contribution in [-0.4, -0.2) is 38.3 Å². The van der Waals surface area contributed by atoms with Crippen LogP contribution in [0.5, 0.6) is 0 Å². The van der Waals surface area contributed by atoms with Gasteiger partial charge >= 0.3 is 5.97 Å². The van der Waals surface area contributed by atoms with Gasteiger partial charge in [0.15, 0.2) is 12.4 Å². The summed E-state index contributed by atoms with van der Waals surface area (Å²) in [5, 5.41) is 5.83. The largest absolute Gasteiger partial charge is 0.452 e. The Kier molecular flexibility index (Phi) is 4.96. The van der Waals surface area contributed by atoms with Crippen molar-refractivity contribution >= 4 is 33.4 Å². The van der Waals surface area contributed by atoms with Crippen LogP contribution in [0.1, 0.15) is 10.4 Å². The second kappa shape index (κ2) is 6.92. The minimum Gasteiger partial charge on any atom is -0.452 e. The van der Waals surface area contributed by atoms with Crippen molar-refractivity contribution in [2.75, 3.05) is 22.9 Å². The normalized spacial score (nSPS) is 10.8. The van der Waals surface area contributed by atoms with Crippen LogP contribution < -0.4 is 10.0 Å². The summed E-state index contributed by atoms with van der Waals surface area (Å²) in [4.78, 5) is 23.4. The lowest BCUT2D eigenvalue weighted by Gasteiger charge is -2.07. The van der Waals surface area contributed by atoms with Gasteiger partial charge in [-0.2, -0.15) is 0 Å². The third-order valence-electron chi connectivity index (χ3n) is 2.44. The summed E-state index contributed by atoms with van der Waals surface area (Å²) in [5.41, 5.74) is 0.321. The number of amides is 1. The molecule has 0 spiro atoms. The maximum Gasteiger partial charge on any atom is 0.338 e. The first-order chi connectivity index (χ1) is 10.8. The fourth-order valence-corrected chi connectivity index (χ4v) is 2.15. The summed E-state index contributed by atoms with van der Waals surface area (Å²) in [7, 11) is -3.46. The van der Waals surface area contributed by atoms with Crippen molar-refractivity contribution in [3.05, 3.63) is 42.2 Å². The molecule has 23 heavy (non-hydrogen) atoms. The average molecular weight is 339 g/mol. The Balaban J connectivity index is 1.93. The highest BCUT2D eigenvalue weighted by Gasteiger charge is 2.12. The third kappa shape index (κ3) is 5.43. The molecule has 10 heteroatoms. The van der Waals surface area contributed by atoms with E-state index < -0.39 is 28.5 Å². The summed E-state index contributed by atoms with van der Waals surface area (Å²) in [6.45, 7) is -0.518. The van der Waals surface area contributed by atoms with E-state index in [0.717, 1.165) is 6.26 Å². The van der Waals surface area contributed by atoms with Gasteiger partial charge in [-0.1, -0.05) is 11.2 Å². The fourth-order valence-electron chi connectivity index (χ4n) is 1.59. The molecule has 0 aliphatic rings. The minimum atomic E-state index is -3.46. The maximum atomic E-state index is 11.9. The van der Waals surface area contributed by atoms with Gasteiger partial charge in [-0.15, -0.1) is 0 Å². The molecule has 1 aromatic heterocycles. The Bertz CT molecular complexity index is 801. The lowest BCUT2D eigenvalue weighted by Crippen LogP contribution is -2.21. The average Bonchev–Trinajstić information content (AvgIpc) is 2.96. The van der Waals surface area contributed by atoms with Gasteiger partial charge in [0, 0.05) is 11.8 Å². The van der Waals surface area contributed by atoms with Crippen molar-refractivity contribution in [1.82, 2.24) is 5.16 Å². The van der Waals surface area contributed by atoms with E-state index >= 15 is 0 Å². The molecule has 0 aliphatic carbocycles. The maximum absolute atomic E-state index is 11.9. The van der Waals surface area contributed by atoms with Crippen LogP contribution in [0, 0.1) is 0 Å². The molecular weight excluding hydrogens is 326 g/mol. The summed E-state index contributed by atoms with van der Waals surface area (Å²) < 4.78 is 33.9. The van der Waals surface area contributed by atoms with E-state index in [1.807, 2.05) is 0 Å². The Labute approximate surface area is 131 Å². The van der Waals surface area contributed by atoms with Crippen LogP contribution in [0.4, 0.5) is 11.5 Å². The van der Waals surface area contributed by atoms with Crippen molar-refractivity contribution in [1.29, 1.82) is 0 Å². The van der Waals surface area contributed by atoms with Crippen molar-refractivity contribution in [3.8, 4) is 0 Å². The number of rotatable bonds is 6. The zero-order valence-corrected chi connectivity index (χ0v) is 12.8. The van der Waals surface area contributed by atoms with Crippen LogP contribution in [0.3, 0.4) is 0 Å². The van der Waals surface area contributed by atoms with Crippen LogP contribution in [-0.2, 0) is 19.6 Å². The standard InChI is InChI=1S/C13H13N3O6S/c1-23(19,20)16-10-4-2-3-9(7-10)13(18)21-8-12(17)14-11-5-6-22-15-11/h2-7,16H,8H2,1H3,(H,14,15,17). The first-order valence-electron chi connectivity index (χ1n) is 6.29. The zero-order valence-electron chi connectivity index (χ0n) is 12.0. The lowest BCUT2D eigenvalue weighted by molar-refractivity contribution is -0.119. The number of nitrogens with zero attached hydrogens (tertiary/aromatic N) is 1. The molecule has 0 unspecified atom stereocenters. The first kappa shape index (κ1) is 16.5. The predicted octanol–water partition coefficient (Wildman–Crippen LogP) is 0.842. The highest BCUT2D eigenvalue weighted by Crippen LogP contribution is 2.13. The molecule has 0 saturated heterocycles. The Hall–Kier alpha value is -2.88. The quantitative estimate of drug-likeness (QED) is 0.746. The molecule has 1 amide bonds. The molecule has 0 radical (unpaired) electrons. The van der Waals surface area contributed by atoms with Gasteiger partial charge in [0.25, 0.3) is 5.91 Å². The van der Waals surface area contributed by atoms with Crippen LogP contribution >= 0.6 is 0 Å². The molecule has 1 heterocycles.